The Hall–Kier alpha value is -4.01. The number of hydrogen-bond donors (Lipinski definition) is 1. The molecule has 1 aliphatic rings. The van der Waals surface area contributed by atoms with Crippen molar-refractivity contribution in [3.63, 3.8) is 0 Å². The van der Waals surface area contributed by atoms with E-state index in [1.165, 1.54) is 16.7 Å². The van der Waals surface area contributed by atoms with Gasteiger partial charge in [-0.3, -0.25) is 9.69 Å². The first-order valence-electron chi connectivity index (χ1n) is 14.2. The average Bonchev–Trinajstić information content (AvgIpc) is 3.46. The van der Waals surface area contributed by atoms with Gasteiger partial charge in [0.1, 0.15) is 6.04 Å². The van der Waals surface area contributed by atoms with Gasteiger partial charge in [0.2, 0.25) is 0 Å². The minimum absolute atomic E-state index is 0.113. The zero-order valence-corrected chi connectivity index (χ0v) is 24.2. The molecule has 5 aromatic rings. The van der Waals surface area contributed by atoms with E-state index in [-0.39, 0.29) is 11.6 Å². The fourth-order valence-corrected chi connectivity index (χ4v) is 5.95. The number of tetrazole rings is 1. The molecule has 1 N–H and O–H groups in total. The number of hydrogen-bond acceptors (Lipinski definition) is 6. The summed E-state index contributed by atoms with van der Waals surface area (Å²) in [4.78, 5) is 21.5. The van der Waals surface area contributed by atoms with Crippen molar-refractivity contribution in [3.8, 4) is 0 Å². The van der Waals surface area contributed by atoms with E-state index in [4.69, 9.17) is 11.6 Å². The Kier molecular flexibility index (Phi) is 7.85. The summed E-state index contributed by atoms with van der Waals surface area (Å²) in [7, 11) is 0. The normalized spacial score (nSPS) is 15.0. The fourth-order valence-electron chi connectivity index (χ4n) is 5.79. The van der Waals surface area contributed by atoms with Gasteiger partial charge in [0.05, 0.1) is 0 Å². The van der Waals surface area contributed by atoms with Crippen LogP contribution in [0.5, 0.6) is 0 Å². The van der Waals surface area contributed by atoms with Crippen molar-refractivity contribution in [3.05, 3.63) is 116 Å². The van der Waals surface area contributed by atoms with Gasteiger partial charge < -0.3 is 9.88 Å². The maximum atomic E-state index is 13.6. The largest absolute Gasteiger partial charge is 0.369 e. The van der Waals surface area contributed by atoms with E-state index < -0.39 is 0 Å². The number of aromatic nitrogens is 5. The molecule has 0 bridgehead atoms. The Morgan fingerprint density at radius 1 is 0.951 bits per heavy atom. The molecule has 3 aromatic carbocycles. The SMILES string of the molecule is CCc1ccc2[nH]c(=O)c([C@@H](c3nnnn3CCc3ccccc3)N3CCN(c4cc(Cl)ccc4C)CC3)cc2c1. The zero-order valence-electron chi connectivity index (χ0n) is 23.4. The standard InChI is InChI=1S/C32H34ClN7O/c1-3-23-10-12-28-25(19-23)20-27(32(41)34-28)30(31-35-36-37-40(31)14-13-24-7-5-4-6-8-24)39-17-15-38(16-18-39)29-21-26(33)11-9-22(29)2/h4-12,19-21,30H,3,13-18H2,1-2H3,(H,34,41)/t30-/m0/s1. The molecule has 1 fully saturated rings. The number of rotatable bonds is 8. The summed E-state index contributed by atoms with van der Waals surface area (Å²) in [6, 6.07) is 24.2. The lowest BCUT2D eigenvalue weighted by molar-refractivity contribution is 0.199. The van der Waals surface area contributed by atoms with E-state index in [2.05, 4.69) is 74.5 Å². The van der Waals surface area contributed by atoms with E-state index in [1.54, 1.807) is 0 Å². The van der Waals surface area contributed by atoms with Crippen molar-refractivity contribution < 1.29 is 0 Å². The minimum Gasteiger partial charge on any atom is -0.369 e. The number of anilines is 1. The average molecular weight is 568 g/mol. The smallest absolute Gasteiger partial charge is 0.253 e. The molecule has 0 unspecified atom stereocenters. The summed E-state index contributed by atoms with van der Waals surface area (Å²) < 4.78 is 1.86. The van der Waals surface area contributed by atoms with Gasteiger partial charge in [0.15, 0.2) is 5.82 Å². The number of nitrogens with zero attached hydrogens (tertiary/aromatic N) is 6. The summed E-state index contributed by atoms with van der Waals surface area (Å²) in [6.45, 7) is 7.96. The molecule has 2 aromatic heterocycles. The van der Waals surface area contributed by atoms with Crippen molar-refractivity contribution in [2.75, 3.05) is 31.1 Å². The van der Waals surface area contributed by atoms with Gasteiger partial charge in [-0.2, -0.15) is 0 Å². The van der Waals surface area contributed by atoms with Gasteiger partial charge in [-0.25, -0.2) is 4.68 Å². The summed E-state index contributed by atoms with van der Waals surface area (Å²) in [5.41, 5.74) is 6.17. The first-order valence-corrected chi connectivity index (χ1v) is 14.6. The van der Waals surface area contributed by atoms with Crippen LogP contribution in [0.15, 0.2) is 77.6 Å². The van der Waals surface area contributed by atoms with Gasteiger partial charge in [-0.1, -0.05) is 61.0 Å². The molecule has 0 saturated carbocycles. The highest BCUT2D eigenvalue weighted by Gasteiger charge is 2.33. The van der Waals surface area contributed by atoms with Crippen molar-refractivity contribution >= 4 is 28.2 Å². The monoisotopic (exact) mass is 567 g/mol. The first-order chi connectivity index (χ1) is 20.0. The van der Waals surface area contributed by atoms with Crippen LogP contribution in [-0.2, 0) is 19.4 Å². The molecule has 210 valence electrons. The topological polar surface area (TPSA) is 82.9 Å². The van der Waals surface area contributed by atoms with Gasteiger partial charge in [0, 0.05) is 54.5 Å². The quantitative estimate of drug-likeness (QED) is 0.278. The Morgan fingerprint density at radius 2 is 1.76 bits per heavy atom. The molecule has 0 spiro atoms. The van der Waals surface area contributed by atoms with E-state index >= 15 is 0 Å². The molecule has 1 atom stereocenters. The van der Waals surface area contributed by atoms with Crippen LogP contribution in [0.3, 0.4) is 0 Å². The number of benzene rings is 3. The molecule has 3 heterocycles. The number of nitrogens with one attached hydrogen (secondary N) is 1. The predicted octanol–water partition coefficient (Wildman–Crippen LogP) is 5.19. The van der Waals surface area contributed by atoms with Gasteiger partial charge in [-0.15, -0.1) is 5.10 Å². The molecule has 8 nitrogen and oxygen atoms in total. The zero-order chi connectivity index (χ0) is 28.3. The highest BCUT2D eigenvalue weighted by Crippen LogP contribution is 2.31. The number of piperazine rings is 1. The summed E-state index contributed by atoms with van der Waals surface area (Å²) in [6.07, 6.45) is 1.72. The van der Waals surface area contributed by atoms with E-state index in [9.17, 15) is 4.79 Å². The van der Waals surface area contributed by atoms with Gasteiger partial charge in [-0.05, 0) is 82.6 Å². The van der Waals surface area contributed by atoms with Crippen LogP contribution in [0.25, 0.3) is 10.9 Å². The number of aryl methyl sites for hydroxylation is 4. The molecule has 41 heavy (non-hydrogen) atoms. The van der Waals surface area contributed by atoms with Crippen LogP contribution in [0, 0.1) is 6.92 Å². The summed E-state index contributed by atoms with van der Waals surface area (Å²) in [5, 5.41) is 14.7. The number of halogens is 1. The van der Waals surface area contributed by atoms with Crippen LogP contribution in [0.1, 0.15) is 41.0 Å². The first kappa shape index (κ1) is 27.2. The molecule has 1 aliphatic heterocycles. The minimum atomic E-state index is -0.387. The Bertz CT molecular complexity index is 1710. The van der Waals surface area contributed by atoms with Crippen LogP contribution >= 0.6 is 11.6 Å². The molecule has 1 saturated heterocycles. The van der Waals surface area contributed by atoms with E-state index in [0.29, 0.717) is 17.9 Å². The lowest BCUT2D eigenvalue weighted by Crippen LogP contribution is -2.49. The summed E-state index contributed by atoms with van der Waals surface area (Å²) >= 11 is 6.34. The third kappa shape index (κ3) is 5.76. The summed E-state index contributed by atoms with van der Waals surface area (Å²) in [5.74, 6) is 0.685. The van der Waals surface area contributed by atoms with Crippen LogP contribution in [-0.4, -0.2) is 56.3 Å². The van der Waals surface area contributed by atoms with Crippen molar-refractivity contribution in [1.29, 1.82) is 0 Å². The third-order valence-corrected chi connectivity index (χ3v) is 8.33. The van der Waals surface area contributed by atoms with Crippen molar-refractivity contribution in [2.45, 2.75) is 39.3 Å². The van der Waals surface area contributed by atoms with E-state index in [1.807, 2.05) is 47.1 Å². The lowest BCUT2D eigenvalue weighted by atomic mass is 10.0. The molecular weight excluding hydrogens is 534 g/mol. The number of H-pyrrole nitrogens is 1. The predicted molar refractivity (Wildman–Crippen MR) is 164 cm³/mol. The van der Waals surface area contributed by atoms with Gasteiger partial charge >= 0.3 is 0 Å². The molecular formula is C32H34ClN7O. The fraction of sp³-hybridized carbons (Fsp3) is 0.312. The molecule has 0 aliphatic carbocycles. The Labute approximate surface area is 244 Å². The number of pyridine rings is 1. The van der Waals surface area contributed by atoms with Crippen LogP contribution in [0.4, 0.5) is 5.69 Å². The molecule has 0 amide bonds. The number of fused-ring (bicyclic) bond motifs is 1. The second kappa shape index (κ2) is 11.8. The Morgan fingerprint density at radius 3 is 2.54 bits per heavy atom. The second-order valence-electron chi connectivity index (χ2n) is 10.7. The maximum absolute atomic E-state index is 13.6. The molecule has 9 heteroatoms. The lowest BCUT2D eigenvalue weighted by Gasteiger charge is -2.40. The Balaban J connectivity index is 1.36. The highest BCUT2D eigenvalue weighted by atomic mass is 35.5. The van der Waals surface area contributed by atoms with Crippen molar-refractivity contribution in [2.24, 2.45) is 0 Å². The molecule has 0 radical (unpaired) electrons. The second-order valence-corrected chi connectivity index (χ2v) is 11.1. The van der Waals surface area contributed by atoms with E-state index in [0.717, 1.165) is 60.6 Å². The molecule has 6 rings (SSSR count). The van der Waals surface area contributed by atoms with Gasteiger partial charge in [0.25, 0.3) is 5.56 Å². The van der Waals surface area contributed by atoms with Crippen LogP contribution in [0.2, 0.25) is 5.02 Å². The highest BCUT2D eigenvalue weighted by molar-refractivity contribution is 6.30. The van der Waals surface area contributed by atoms with Crippen LogP contribution < -0.4 is 10.5 Å². The number of aromatic amines is 1. The third-order valence-electron chi connectivity index (χ3n) is 8.09. The maximum Gasteiger partial charge on any atom is 0.253 e. The van der Waals surface area contributed by atoms with Crippen molar-refractivity contribution in [1.82, 2.24) is 30.1 Å².